The zero-order chi connectivity index (χ0) is 25.3. The van der Waals surface area contributed by atoms with Gasteiger partial charge in [0.05, 0.1) is 10.6 Å². The molecule has 0 aliphatic rings. The summed E-state index contributed by atoms with van der Waals surface area (Å²) in [5.74, 6) is -0.320. The van der Waals surface area contributed by atoms with Gasteiger partial charge in [0.15, 0.2) is 0 Å². The van der Waals surface area contributed by atoms with Gasteiger partial charge in [0, 0.05) is 24.2 Å². The van der Waals surface area contributed by atoms with Gasteiger partial charge in [0.25, 0.3) is 15.9 Å². The molecule has 1 amide bonds. The summed E-state index contributed by atoms with van der Waals surface area (Å²) in [6.45, 7) is 7.74. The van der Waals surface area contributed by atoms with Crippen LogP contribution in [-0.2, 0) is 16.6 Å². The van der Waals surface area contributed by atoms with E-state index in [1.54, 1.807) is 0 Å². The first-order valence-electron chi connectivity index (χ1n) is 11.4. The Labute approximate surface area is 206 Å². The fourth-order valence-electron chi connectivity index (χ4n) is 3.43. The van der Waals surface area contributed by atoms with Crippen molar-refractivity contribution in [3.8, 4) is 5.75 Å². The first-order valence-corrected chi connectivity index (χ1v) is 12.9. The molecule has 0 spiro atoms. The van der Waals surface area contributed by atoms with Crippen LogP contribution in [-0.4, -0.2) is 45.5 Å². The number of halogens is 1. The van der Waals surface area contributed by atoms with Crippen molar-refractivity contribution < 1.29 is 22.3 Å². The molecular weight excluding hydrogens is 469 g/mol. The predicted molar refractivity (Wildman–Crippen MR) is 135 cm³/mol. The van der Waals surface area contributed by atoms with Gasteiger partial charge in [-0.3, -0.25) is 9.52 Å². The second kappa shape index (κ2) is 12.3. The summed E-state index contributed by atoms with van der Waals surface area (Å²) in [5.41, 5.74) is 0.996. The summed E-state index contributed by atoms with van der Waals surface area (Å²) in [4.78, 5) is 14.8. The molecule has 3 aromatic rings. The van der Waals surface area contributed by atoms with Gasteiger partial charge < -0.3 is 15.0 Å². The molecule has 3 rings (SSSR count). The molecule has 7 nitrogen and oxygen atoms in total. The third-order valence-electron chi connectivity index (χ3n) is 5.52. The minimum atomic E-state index is -4.00. The molecule has 0 aromatic heterocycles. The lowest BCUT2D eigenvalue weighted by molar-refractivity contribution is 0.0950. The molecule has 0 saturated carbocycles. The topological polar surface area (TPSA) is 87.7 Å². The van der Waals surface area contributed by atoms with Gasteiger partial charge in [-0.2, -0.15) is 0 Å². The molecule has 0 unspecified atom stereocenters. The summed E-state index contributed by atoms with van der Waals surface area (Å²) in [6, 6.07) is 18.5. The fraction of sp³-hybridized carbons (Fsp3) is 0.269. The Morgan fingerprint density at radius 1 is 0.943 bits per heavy atom. The van der Waals surface area contributed by atoms with Crippen LogP contribution in [0.4, 0.5) is 10.1 Å². The number of ether oxygens (including phenoxy) is 1. The van der Waals surface area contributed by atoms with E-state index in [1.807, 2.05) is 24.3 Å². The number of likely N-dealkylation sites (N-methyl/N-ethyl adjacent to an activating group) is 1. The van der Waals surface area contributed by atoms with E-state index in [0.717, 1.165) is 25.2 Å². The molecule has 3 aromatic carbocycles. The molecule has 0 fully saturated rings. The van der Waals surface area contributed by atoms with Crippen LogP contribution in [0.15, 0.2) is 77.7 Å². The van der Waals surface area contributed by atoms with E-state index >= 15 is 0 Å². The number of benzene rings is 3. The largest absolute Gasteiger partial charge is 0.492 e. The van der Waals surface area contributed by atoms with E-state index in [4.69, 9.17) is 4.74 Å². The van der Waals surface area contributed by atoms with Crippen LogP contribution in [0.1, 0.15) is 29.8 Å². The number of amides is 1. The Bertz CT molecular complexity index is 1230. The zero-order valence-corrected chi connectivity index (χ0v) is 20.6. The highest BCUT2D eigenvalue weighted by Crippen LogP contribution is 2.20. The molecule has 0 atom stereocenters. The van der Waals surface area contributed by atoms with Crippen LogP contribution in [0.3, 0.4) is 0 Å². The number of hydrogen-bond donors (Lipinski definition) is 2. The van der Waals surface area contributed by atoms with E-state index in [0.29, 0.717) is 17.9 Å². The van der Waals surface area contributed by atoms with Crippen molar-refractivity contribution in [3.05, 3.63) is 89.7 Å². The lowest BCUT2D eigenvalue weighted by Crippen LogP contribution is -2.28. The second-order valence-electron chi connectivity index (χ2n) is 7.78. The van der Waals surface area contributed by atoms with Gasteiger partial charge in [0.2, 0.25) is 0 Å². The molecule has 0 heterocycles. The number of para-hydroxylation sites is 2. The van der Waals surface area contributed by atoms with Crippen molar-refractivity contribution in [2.45, 2.75) is 25.3 Å². The number of carbonyl (C=O) groups is 1. The van der Waals surface area contributed by atoms with Crippen LogP contribution >= 0.6 is 0 Å². The number of rotatable bonds is 12. The standard InChI is InChI=1S/C26H30FN3O4S/c1-3-30(4-2)17-18-34-25-12-8-5-9-21(25)19-28-26(31)20-13-15-22(16-14-20)35(32,33)29-24-11-7-6-10-23(24)27/h5-16,29H,3-4,17-19H2,1-2H3,(H,28,31). The van der Waals surface area contributed by atoms with Crippen LogP contribution in [0, 0.1) is 5.82 Å². The van der Waals surface area contributed by atoms with E-state index in [-0.39, 0.29) is 23.0 Å². The van der Waals surface area contributed by atoms with Crippen LogP contribution in [0.5, 0.6) is 5.75 Å². The Kier molecular flexibility index (Phi) is 9.22. The van der Waals surface area contributed by atoms with Crippen molar-refractivity contribution in [1.82, 2.24) is 10.2 Å². The van der Waals surface area contributed by atoms with Crippen molar-refractivity contribution in [3.63, 3.8) is 0 Å². The van der Waals surface area contributed by atoms with Gasteiger partial charge in [-0.05, 0) is 55.6 Å². The first kappa shape index (κ1) is 26.2. The van der Waals surface area contributed by atoms with Crippen LogP contribution < -0.4 is 14.8 Å². The van der Waals surface area contributed by atoms with Crippen molar-refractivity contribution in [2.75, 3.05) is 31.0 Å². The van der Waals surface area contributed by atoms with Crippen molar-refractivity contribution in [2.24, 2.45) is 0 Å². The maximum Gasteiger partial charge on any atom is 0.261 e. The highest BCUT2D eigenvalue weighted by molar-refractivity contribution is 7.92. The number of sulfonamides is 1. The summed E-state index contributed by atoms with van der Waals surface area (Å²) in [5, 5.41) is 2.84. The van der Waals surface area contributed by atoms with Gasteiger partial charge in [0.1, 0.15) is 18.2 Å². The predicted octanol–water partition coefficient (Wildman–Crippen LogP) is 4.28. The Morgan fingerprint density at radius 3 is 2.29 bits per heavy atom. The van der Waals surface area contributed by atoms with Crippen LogP contribution in [0.2, 0.25) is 0 Å². The SMILES string of the molecule is CCN(CC)CCOc1ccccc1CNC(=O)c1ccc(S(=O)(=O)Nc2ccccc2F)cc1. The van der Waals surface area contributed by atoms with Crippen molar-refractivity contribution in [1.29, 1.82) is 0 Å². The molecule has 0 bridgehead atoms. The number of nitrogens with zero attached hydrogens (tertiary/aromatic N) is 1. The molecule has 35 heavy (non-hydrogen) atoms. The third kappa shape index (κ3) is 7.27. The summed E-state index contributed by atoms with van der Waals surface area (Å²) < 4.78 is 47.1. The number of hydrogen-bond acceptors (Lipinski definition) is 5. The fourth-order valence-corrected chi connectivity index (χ4v) is 4.49. The first-order chi connectivity index (χ1) is 16.8. The quantitative estimate of drug-likeness (QED) is 0.389. The van der Waals surface area contributed by atoms with E-state index in [9.17, 15) is 17.6 Å². The molecular formula is C26H30FN3O4S. The molecule has 2 N–H and O–H groups in total. The summed E-state index contributed by atoms with van der Waals surface area (Å²) >= 11 is 0. The van der Waals surface area contributed by atoms with Crippen molar-refractivity contribution >= 4 is 21.6 Å². The third-order valence-corrected chi connectivity index (χ3v) is 6.90. The molecule has 0 aliphatic heterocycles. The summed E-state index contributed by atoms with van der Waals surface area (Å²) in [7, 11) is -4.00. The smallest absolute Gasteiger partial charge is 0.261 e. The van der Waals surface area contributed by atoms with E-state index < -0.39 is 15.8 Å². The number of anilines is 1. The van der Waals surface area contributed by atoms with Gasteiger partial charge in [-0.15, -0.1) is 0 Å². The molecule has 9 heteroatoms. The van der Waals surface area contributed by atoms with Gasteiger partial charge in [-0.25, -0.2) is 12.8 Å². The van der Waals surface area contributed by atoms with Gasteiger partial charge >= 0.3 is 0 Å². The maximum absolute atomic E-state index is 13.8. The monoisotopic (exact) mass is 499 g/mol. The zero-order valence-electron chi connectivity index (χ0n) is 19.8. The van der Waals surface area contributed by atoms with E-state index in [1.165, 1.54) is 48.5 Å². The molecule has 0 radical (unpaired) electrons. The molecule has 186 valence electrons. The lowest BCUT2D eigenvalue weighted by atomic mass is 10.1. The van der Waals surface area contributed by atoms with Gasteiger partial charge in [-0.1, -0.05) is 44.2 Å². The Hall–Kier alpha value is -3.43. The molecule has 0 aliphatic carbocycles. The molecule has 0 saturated heterocycles. The normalized spacial score (nSPS) is 11.3. The average Bonchev–Trinajstić information content (AvgIpc) is 2.87. The highest BCUT2D eigenvalue weighted by atomic mass is 32.2. The maximum atomic E-state index is 13.8. The minimum Gasteiger partial charge on any atom is -0.492 e. The second-order valence-corrected chi connectivity index (χ2v) is 9.46. The lowest BCUT2D eigenvalue weighted by Gasteiger charge is -2.19. The van der Waals surface area contributed by atoms with Crippen LogP contribution in [0.25, 0.3) is 0 Å². The number of carbonyl (C=O) groups excluding carboxylic acids is 1. The minimum absolute atomic E-state index is 0.0794. The summed E-state index contributed by atoms with van der Waals surface area (Å²) in [6.07, 6.45) is 0. The Morgan fingerprint density at radius 2 is 1.60 bits per heavy atom. The van der Waals surface area contributed by atoms with E-state index in [2.05, 4.69) is 28.8 Å². The average molecular weight is 500 g/mol. The Balaban J connectivity index is 1.60. The highest BCUT2D eigenvalue weighted by Gasteiger charge is 2.17. The number of nitrogens with one attached hydrogen (secondary N) is 2.